The van der Waals surface area contributed by atoms with E-state index in [1.165, 1.54) is 12.5 Å². The fraction of sp³-hybridized carbons (Fsp3) is 0.500. The lowest BCUT2D eigenvalue weighted by molar-refractivity contribution is -0.143. The van der Waals surface area contributed by atoms with E-state index in [9.17, 15) is 4.79 Å². The fourth-order valence-corrected chi connectivity index (χ4v) is 1.46. The molecule has 1 atom stereocenters. The van der Waals surface area contributed by atoms with Gasteiger partial charge < -0.3 is 20.3 Å². The molecular weight excluding hydrogens is 246 g/mol. The number of carboxylic acids is 1. The number of aliphatic carboxylic acids is 1. The Morgan fingerprint density at radius 3 is 2.47 bits per heavy atom. The minimum atomic E-state index is -1.25. The third-order valence-corrected chi connectivity index (χ3v) is 2.90. The molecule has 0 heterocycles. The predicted octanol–water partition coefficient (Wildman–Crippen LogP) is 1.45. The normalized spacial score (nSPS) is 13.8. The molecule has 0 bridgehead atoms. The number of carboxylic acid groups (broad SMARTS) is 1. The quantitative estimate of drug-likeness (QED) is 0.745. The molecule has 1 unspecified atom stereocenters. The van der Waals surface area contributed by atoms with Crippen LogP contribution >= 0.6 is 0 Å². The van der Waals surface area contributed by atoms with Gasteiger partial charge in [-0.1, -0.05) is 12.1 Å². The maximum absolute atomic E-state index is 10.8. The molecule has 3 N–H and O–H groups in total. The number of hydrogen-bond acceptors (Lipinski definition) is 4. The molecule has 0 aliphatic rings. The summed E-state index contributed by atoms with van der Waals surface area (Å²) in [5.41, 5.74) is 5.53. The fourth-order valence-electron chi connectivity index (χ4n) is 1.46. The predicted molar refractivity (Wildman–Crippen MR) is 72.4 cm³/mol. The van der Waals surface area contributed by atoms with E-state index in [0.29, 0.717) is 12.4 Å². The topological polar surface area (TPSA) is 81.8 Å². The van der Waals surface area contributed by atoms with Crippen molar-refractivity contribution in [3.05, 3.63) is 29.8 Å². The second-order valence-electron chi connectivity index (χ2n) is 4.71. The van der Waals surface area contributed by atoms with Crippen molar-refractivity contribution in [1.29, 1.82) is 0 Å². The number of nitrogens with two attached hydrogens (primary N) is 1. The molecule has 0 fully saturated rings. The van der Waals surface area contributed by atoms with Gasteiger partial charge in [0.05, 0.1) is 13.2 Å². The Bertz CT molecular complexity index is 400. The highest BCUT2D eigenvalue weighted by Gasteiger charge is 2.27. The van der Waals surface area contributed by atoms with Gasteiger partial charge in [0.15, 0.2) is 0 Å². The Kier molecular flexibility index (Phi) is 5.79. The summed E-state index contributed by atoms with van der Waals surface area (Å²) in [5.74, 6) is -0.312. The van der Waals surface area contributed by atoms with E-state index in [1.54, 1.807) is 7.11 Å². The number of carbonyl (C=O) groups is 1. The summed E-state index contributed by atoms with van der Waals surface area (Å²) >= 11 is 0. The first-order valence-electron chi connectivity index (χ1n) is 6.18. The average molecular weight is 267 g/mol. The van der Waals surface area contributed by atoms with E-state index >= 15 is 0 Å². The molecule has 1 aromatic rings. The van der Waals surface area contributed by atoms with Gasteiger partial charge in [-0.2, -0.15) is 0 Å². The lowest BCUT2D eigenvalue weighted by Crippen LogP contribution is -2.45. The molecule has 0 spiro atoms. The molecule has 0 saturated heterocycles. The second-order valence-corrected chi connectivity index (χ2v) is 4.71. The lowest BCUT2D eigenvalue weighted by atomic mass is 10.0. The van der Waals surface area contributed by atoms with Gasteiger partial charge in [-0.3, -0.25) is 4.79 Å². The summed E-state index contributed by atoms with van der Waals surface area (Å²) < 4.78 is 10.5. The van der Waals surface area contributed by atoms with E-state index in [2.05, 4.69) is 0 Å². The van der Waals surface area contributed by atoms with Crippen LogP contribution in [0.3, 0.4) is 0 Å². The molecule has 106 valence electrons. The molecule has 0 aliphatic heterocycles. The van der Waals surface area contributed by atoms with E-state index in [1.807, 2.05) is 24.3 Å². The minimum Gasteiger partial charge on any atom is -0.494 e. The van der Waals surface area contributed by atoms with Gasteiger partial charge in [0.25, 0.3) is 0 Å². The number of ether oxygens (including phenoxy) is 2. The minimum absolute atomic E-state index is 0.258. The molecule has 0 radical (unpaired) electrons. The molecule has 0 saturated carbocycles. The molecule has 0 amide bonds. The van der Waals surface area contributed by atoms with E-state index in [-0.39, 0.29) is 13.0 Å². The van der Waals surface area contributed by atoms with Gasteiger partial charge in [-0.05, 0) is 31.0 Å². The average Bonchev–Trinajstić information content (AvgIpc) is 2.37. The van der Waals surface area contributed by atoms with Crippen molar-refractivity contribution in [2.75, 3.05) is 20.3 Å². The summed E-state index contributed by atoms with van der Waals surface area (Å²) in [7, 11) is 1.67. The third kappa shape index (κ3) is 5.28. The number of hydrogen-bond donors (Lipinski definition) is 2. The Labute approximate surface area is 113 Å². The molecule has 0 aromatic heterocycles. The number of methoxy groups -OCH3 is 1. The van der Waals surface area contributed by atoms with Gasteiger partial charge in [0.1, 0.15) is 11.3 Å². The summed E-state index contributed by atoms with van der Waals surface area (Å²) in [6.45, 7) is 2.44. The zero-order chi connectivity index (χ0) is 14.3. The Morgan fingerprint density at radius 2 is 1.95 bits per heavy atom. The number of benzene rings is 1. The first kappa shape index (κ1) is 15.5. The van der Waals surface area contributed by atoms with Crippen molar-refractivity contribution in [1.82, 2.24) is 0 Å². The molecular formula is C14H21NO4. The van der Waals surface area contributed by atoms with Crippen LogP contribution in [0.2, 0.25) is 0 Å². The Balaban J connectivity index is 2.40. The zero-order valence-corrected chi connectivity index (χ0v) is 11.4. The van der Waals surface area contributed by atoms with Crippen LogP contribution in [0.5, 0.6) is 5.75 Å². The standard InChI is InChI=1S/C14H21NO4/c1-14(15,13(16)17)8-10-19-12-5-3-11(4-6-12)7-9-18-2/h3-6H,7-10,15H2,1-2H3,(H,16,17). The largest absolute Gasteiger partial charge is 0.494 e. The van der Waals surface area contributed by atoms with Crippen LogP contribution in [0.25, 0.3) is 0 Å². The molecule has 1 aromatic carbocycles. The van der Waals surface area contributed by atoms with E-state index < -0.39 is 11.5 Å². The van der Waals surface area contributed by atoms with Crippen molar-refractivity contribution in [3.63, 3.8) is 0 Å². The van der Waals surface area contributed by atoms with Gasteiger partial charge >= 0.3 is 5.97 Å². The molecule has 5 heteroatoms. The molecule has 1 rings (SSSR count). The highest BCUT2D eigenvalue weighted by Crippen LogP contribution is 2.14. The van der Waals surface area contributed by atoms with Gasteiger partial charge in [-0.15, -0.1) is 0 Å². The van der Waals surface area contributed by atoms with Crippen LogP contribution in [0.1, 0.15) is 18.9 Å². The highest BCUT2D eigenvalue weighted by molar-refractivity contribution is 5.77. The third-order valence-electron chi connectivity index (χ3n) is 2.90. The SMILES string of the molecule is COCCc1ccc(OCCC(C)(N)C(=O)O)cc1. The smallest absolute Gasteiger partial charge is 0.323 e. The first-order chi connectivity index (χ1) is 8.95. The summed E-state index contributed by atoms with van der Waals surface area (Å²) in [6.07, 6.45) is 1.12. The van der Waals surface area contributed by atoms with Crippen LogP contribution < -0.4 is 10.5 Å². The molecule has 0 aliphatic carbocycles. The van der Waals surface area contributed by atoms with Crippen LogP contribution in [-0.4, -0.2) is 36.9 Å². The monoisotopic (exact) mass is 267 g/mol. The van der Waals surface area contributed by atoms with E-state index in [0.717, 1.165) is 6.42 Å². The maximum atomic E-state index is 10.8. The highest BCUT2D eigenvalue weighted by atomic mass is 16.5. The lowest BCUT2D eigenvalue weighted by Gasteiger charge is -2.19. The summed E-state index contributed by atoms with van der Waals surface area (Å²) in [6, 6.07) is 7.65. The maximum Gasteiger partial charge on any atom is 0.323 e. The van der Waals surface area contributed by atoms with Crippen LogP contribution in [0.15, 0.2) is 24.3 Å². The zero-order valence-electron chi connectivity index (χ0n) is 11.4. The molecule has 19 heavy (non-hydrogen) atoms. The Morgan fingerprint density at radius 1 is 1.32 bits per heavy atom. The molecule has 5 nitrogen and oxygen atoms in total. The van der Waals surface area contributed by atoms with Crippen molar-refractivity contribution >= 4 is 5.97 Å². The van der Waals surface area contributed by atoms with Crippen molar-refractivity contribution < 1.29 is 19.4 Å². The second kappa shape index (κ2) is 7.11. The Hall–Kier alpha value is -1.59. The van der Waals surface area contributed by atoms with Gasteiger partial charge in [0.2, 0.25) is 0 Å². The van der Waals surface area contributed by atoms with Crippen LogP contribution in [-0.2, 0) is 16.0 Å². The van der Waals surface area contributed by atoms with Gasteiger partial charge in [-0.25, -0.2) is 0 Å². The van der Waals surface area contributed by atoms with E-state index in [4.69, 9.17) is 20.3 Å². The summed E-state index contributed by atoms with van der Waals surface area (Å²) in [5, 5.41) is 8.86. The van der Waals surface area contributed by atoms with Crippen LogP contribution in [0, 0.1) is 0 Å². The van der Waals surface area contributed by atoms with Crippen molar-refractivity contribution in [3.8, 4) is 5.75 Å². The van der Waals surface area contributed by atoms with Crippen molar-refractivity contribution in [2.24, 2.45) is 5.73 Å². The first-order valence-corrected chi connectivity index (χ1v) is 6.18. The van der Waals surface area contributed by atoms with Crippen molar-refractivity contribution in [2.45, 2.75) is 25.3 Å². The van der Waals surface area contributed by atoms with Crippen LogP contribution in [0.4, 0.5) is 0 Å². The van der Waals surface area contributed by atoms with Gasteiger partial charge in [0, 0.05) is 13.5 Å². The number of rotatable bonds is 8. The summed E-state index contributed by atoms with van der Waals surface area (Å²) in [4.78, 5) is 10.8.